The first-order chi connectivity index (χ1) is 27.5. The molecule has 0 aromatic rings. The Hall–Kier alpha value is -2.89. The van der Waals surface area contributed by atoms with Gasteiger partial charge in [-0.05, 0) is 77.0 Å². The van der Waals surface area contributed by atoms with Crippen LogP contribution in [-0.2, 0) is 28.6 Å². The smallest absolute Gasteiger partial charge is 0.306 e. The molecule has 6 heteroatoms. The van der Waals surface area contributed by atoms with Gasteiger partial charge in [-0.1, -0.05) is 184 Å². The van der Waals surface area contributed by atoms with Crippen molar-refractivity contribution >= 4 is 17.9 Å². The first-order valence-corrected chi connectivity index (χ1v) is 23.3. The van der Waals surface area contributed by atoms with E-state index in [-0.39, 0.29) is 37.5 Å². The van der Waals surface area contributed by atoms with Crippen molar-refractivity contribution in [3.63, 3.8) is 0 Å². The number of ether oxygens (including phenoxy) is 3. The number of unbranched alkanes of at least 4 members (excludes halogenated alkanes) is 20. The summed E-state index contributed by atoms with van der Waals surface area (Å²) in [4.78, 5) is 37.7. The van der Waals surface area contributed by atoms with Crippen molar-refractivity contribution in [3.05, 3.63) is 60.8 Å². The lowest BCUT2D eigenvalue weighted by Gasteiger charge is -2.18. The maximum Gasteiger partial charge on any atom is 0.306 e. The van der Waals surface area contributed by atoms with Crippen molar-refractivity contribution in [1.29, 1.82) is 0 Å². The molecule has 0 aliphatic rings. The molecule has 0 rings (SSSR count). The molecular formula is C50H86O6. The van der Waals surface area contributed by atoms with Crippen LogP contribution in [0.3, 0.4) is 0 Å². The third kappa shape index (κ3) is 42.3. The van der Waals surface area contributed by atoms with E-state index in [0.29, 0.717) is 19.3 Å². The molecule has 56 heavy (non-hydrogen) atoms. The van der Waals surface area contributed by atoms with Crippen molar-refractivity contribution in [1.82, 2.24) is 0 Å². The predicted octanol–water partition coefficient (Wildman–Crippen LogP) is 14.9. The first-order valence-electron chi connectivity index (χ1n) is 23.3. The highest BCUT2D eigenvalue weighted by Gasteiger charge is 2.19. The zero-order chi connectivity index (χ0) is 40.8. The number of rotatable bonds is 41. The van der Waals surface area contributed by atoms with Crippen LogP contribution >= 0.6 is 0 Å². The fourth-order valence-electron chi connectivity index (χ4n) is 6.18. The van der Waals surface area contributed by atoms with Crippen LogP contribution in [0.1, 0.15) is 220 Å². The predicted molar refractivity (Wildman–Crippen MR) is 238 cm³/mol. The quantitative estimate of drug-likeness (QED) is 0.0266. The molecule has 0 N–H and O–H groups in total. The Morgan fingerprint density at radius 2 is 0.679 bits per heavy atom. The van der Waals surface area contributed by atoms with Crippen LogP contribution in [0.2, 0.25) is 0 Å². The number of hydrogen-bond donors (Lipinski definition) is 0. The summed E-state index contributed by atoms with van der Waals surface area (Å²) in [6, 6.07) is 0. The molecule has 6 nitrogen and oxygen atoms in total. The van der Waals surface area contributed by atoms with Gasteiger partial charge >= 0.3 is 17.9 Å². The Morgan fingerprint density at radius 1 is 0.357 bits per heavy atom. The number of carbonyl (C=O) groups excluding carboxylic acids is 3. The zero-order valence-electron chi connectivity index (χ0n) is 36.6. The van der Waals surface area contributed by atoms with E-state index in [4.69, 9.17) is 14.2 Å². The molecule has 0 saturated heterocycles. The summed E-state index contributed by atoms with van der Waals surface area (Å²) in [5.41, 5.74) is 0. The van der Waals surface area contributed by atoms with E-state index >= 15 is 0 Å². The van der Waals surface area contributed by atoms with E-state index in [1.807, 2.05) is 0 Å². The van der Waals surface area contributed by atoms with Gasteiger partial charge in [0, 0.05) is 19.3 Å². The molecule has 0 amide bonds. The van der Waals surface area contributed by atoms with Crippen molar-refractivity contribution < 1.29 is 28.6 Å². The second-order valence-corrected chi connectivity index (χ2v) is 15.3. The minimum atomic E-state index is -0.795. The second kappa shape index (κ2) is 44.8. The molecule has 0 spiro atoms. The van der Waals surface area contributed by atoms with Crippen LogP contribution in [0, 0.1) is 0 Å². The fraction of sp³-hybridized carbons (Fsp3) is 0.740. The summed E-state index contributed by atoms with van der Waals surface area (Å²) < 4.78 is 16.6. The Bertz CT molecular complexity index is 1040. The molecule has 0 aliphatic heterocycles. The van der Waals surface area contributed by atoms with Crippen molar-refractivity contribution in [2.45, 2.75) is 226 Å². The molecule has 322 valence electrons. The number of allylic oxidation sites excluding steroid dienone is 10. The Kier molecular flexibility index (Phi) is 42.5. The molecule has 0 aliphatic carbocycles. The van der Waals surface area contributed by atoms with Gasteiger partial charge in [-0.25, -0.2) is 0 Å². The number of carbonyl (C=O) groups is 3. The summed E-state index contributed by atoms with van der Waals surface area (Å²) in [7, 11) is 0. The van der Waals surface area contributed by atoms with Gasteiger partial charge in [0.05, 0.1) is 0 Å². The van der Waals surface area contributed by atoms with E-state index in [9.17, 15) is 14.4 Å². The summed E-state index contributed by atoms with van der Waals surface area (Å²) in [6.07, 6.45) is 53.5. The Labute approximate surface area is 345 Å². The zero-order valence-corrected chi connectivity index (χ0v) is 36.6. The van der Waals surface area contributed by atoms with Crippen LogP contribution in [0.5, 0.6) is 0 Å². The molecule has 0 heterocycles. The molecule has 0 radical (unpaired) electrons. The number of esters is 3. The van der Waals surface area contributed by atoms with Crippen LogP contribution < -0.4 is 0 Å². The summed E-state index contributed by atoms with van der Waals surface area (Å²) in [5, 5.41) is 0. The Morgan fingerprint density at radius 3 is 1.18 bits per heavy atom. The second-order valence-electron chi connectivity index (χ2n) is 15.3. The fourth-order valence-corrected chi connectivity index (χ4v) is 6.18. The van der Waals surface area contributed by atoms with Gasteiger partial charge in [0.2, 0.25) is 0 Å². The topological polar surface area (TPSA) is 78.9 Å². The van der Waals surface area contributed by atoms with Crippen LogP contribution in [-0.4, -0.2) is 37.2 Å². The van der Waals surface area contributed by atoms with Crippen LogP contribution in [0.25, 0.3) is 0 Å². The Balaban J connectivity index is 4.45. The lowest BCUT2D eigenvalue weighted by atomic mass is 10.1. The molecule has 0 fully saturated rings. The van der Waals surface area contributed by atoms with Gasteiger partial charge in [-0.2, -0.15) is 0 Å². The largest absolute Gasteiger partial charge is 0.462 e. The van der Waals surface area contributed by atoms with Gasteiger partial charge in [0.1, 0.15) is 13.2 Å². The highest BCUT2D eigenvalue weighted by Crippen LogP contribution is 2.13. The monoisotopic (exact) mass is 783 g/mol. The van der Waals surface area contributed by atoms with Crippen molar-refractivity contribution in [2.75, 3.05) is 13.2 Å². The lowest BCUT2D eigenvalue weighted by Crippen LogP contribution is -2.30. The maximum absolute atomic E-state index is 12.7. The average Bonchev–Trinajstić information content (AvgIpc) is 3.19. The van der Waals surface area contributed by atoms with Gasteiger partial charge < -0.3 is 14.2 Å². The molecule has 0 bridgehead atoms. The van der Waals surface area contributed by atoms with Crippen LogP contribution in [0.4, 0.5) is 0 Å². The van der Waals surface area contributed by atoms with E-state index in [1.165, 1.54) is 89.9 Å². The first kappa shape index (κ1) is 53.1. The molecule has 0 saturated carbocycles. The van der Waals surface area contributed by atoms with E-state index in [2.05, 4.69) is 81.5 Å². The standard InChI is InChI=1S/C50H86O6/c1-4-7-10-13-16-19-22-23-24-25-26-27-29-31-34-37-40-43-49(52)55-46-47(45-54-48(51)42-39-36-33-30-21-18-15-12-9-6-3)56-50(53)44-41-38-35-32-28-20-17-14-11-8-5-2/h15-16,18-19,23-24,26-27,31,34,47H,4-14,17,20-22,25,28-30,32-33,35-46H2,1-3H3/b18-15-,19-16-,24-23-,27-26-,34-31-. The molecule has 1 unspecified atom stereocenters. The summed E-state index contributed by atoms with van der Waals surface area (Å²) in [5.74, 6) is -0.970. The summed E-state index contributed by atoms with van der Waals surface area (Å²) >= 11 is 0. The summed E-state index contributed by atoms with van der Waals surface area (Å²) in [6.45, 7) is 6.49. The normalized spacial score (nSPS) is 12.6. The van der Waals surface area contributed by atoms with E-state index in [1.54, 1.807) is 0 Å². The third-order valence-electron chi connectivity index (χ3n) is 9.74. The minimum Gasteiger partial charge on any atom is -0.462 e. The van der Waals surface area contributed by atoms with Gasteiger partial charge in [0.25, 0.3) is 0 Å². The minimum absolute atomic E-state index is 0.0963. The van der Waals surface area contributed by atoms with Gasteiger partial charge in [0.15, 0.2) is 6.10 Å². The van der Waals surface area contributed by atoms with Gasteiger partial charge in [-0.3, -0.25) is 14.4 Å². The highest BCUT2D eigenvalue weighted by molar-refractivity contribution is 5.71. The third-order valence-corrected chi connectivity index (χ3v) is 9.74. The van der Waals surface area contributed by atoms with Gasteiger partial charge in [-0.15, -0.1) is 0 Å². The van der Waals surface area contributed by atoms with Crippen molar-refractivity contribution in [2.24, 2.45) is 0 Å². The average molecular weight is 783 g/mol. The highest BCUT2D eigenvalue weighted by atomic mass is 16.6. The molecule has 1 atom stereocenters. The van der Waals surface area contributed by atoms with Crippen LogP contribution in [0.15, 0.2) is 60.8 Å². The maximum atomic E-state index is 12.7. The SMILES string of the molecule is CCCC/C=C\CCCCCCC(=O)OCC(COC(=O)CCC/C=C\C/C=C\C/C=C\C/C=C\CCCCC)OC(=O)CCCCCCCCCCCCC. The number of hydrogen-bond acceptors (Lipinski definition) is 6. The van der Waals surface area contributed by atoms with E-state index in [0.717, 1.165) is 83.5 Å². The lowest BCUT2D eigenvalue weighted by molar-refractivity contribution is -0.167. The van der Waals surface area contributed by atoms with Crippen molar-refractivity contribution in [3.8, 4) is 0 Å². The molecular weight excluding hydrogens is 697 g/mol. The van der Waals surface area contributed by atoms with E-state index < -0.39 is 6.10 Å². The molecule has 0 aromatic heterocycles. The molecule has 0 aromatic carbocycles.